The van der Waals surface area contributed by atoms with Crippen LogP contribution in [-0.2, 0) is 4.79 Å². The average Bonchev–Trinajstić information content (AvgIpc) is 2.46. The van der Waals surface area contributed by atoms with E-state index in [-0.39, 0.29) is 11.8 Å². The molecule has 20 heavy (non-hydrogen) atoms. The van der Waals surface area contributed by atoms with Crippen molar-refractivity contribution in [2.24, 2.45) is 29.2 Å². The first kappa shape index (κ1) is 15.8. The second kappa shape index (κ2) is 6.90. The molecule has 5 unspecified atom stereocenters. The molecule has 0 aromatic heterocycles. The summed E-state index contributed by atoms with van der Waals surface area (Å²) in [4.78, 5) is 14.1. The van der Waals surface area contributed by atoms with Crippen LogP contribution in [0.5, 0.6) is 0 Å². The molecule has 5 atom stereocenters. The summed E-state index contributed by atoms with van der Waals surface area (Å²) in [5, 5.41) is 0. The van der Waals surface area contributed by atoms with Gasteiger partial charge in [-0.2, -0.15) is 0 Å². The zero-order chi connectivity index (χ0) is 14.7. The van der Waals surface area contributed by atoms with Gasteiger partial charge in [0, 0.05) is 18.6 Å². The Bertz CT molecular complexity index is 334. The van der Waals surface area contributed by atoms with E-state index in [4.69, 9.17) is 11.5 Å². The van der Waals surface area contributed by atoms with Crippen molar-refractivity contribution in [3.63, 3.8) is 0 Å². The molecule has 1 aliphatic carbocycles. The summed E-state index contributed by atoms with van der Waals surface area (Å²) in [6.45, 7) is 6.19. The van der Waals surface area contributed by atoms with E-state index in [1.54, 1.807) is 0 Å². The van der Waals surface area contributed by atoms with Gasteiger partial charge < -0.3 is 11.5 Å². The van der Waals surface area contributed by atoms with Crippen molar-refractivity contribution in [1.82, 2.24) is 4.90 Å². The van der Waals surface area contributed by atoms with Gasteiger partial charge in [0.25, 0.3) is 0 Å². The maximum Gasteiger partial charge on any atom is 0.221 e. The number of primary amides is 1. The zero-order valence-corrected chi connectivity index (χ0v) is 13.1. The minimum Gasteiger partial charge on any atom is -0.369 e. The van der Waals surface area contributed by atoms with Gasteiger partial charge in [0.05, 0.1) is 5.92 Å². The third-order valence-corrected chi connectivity index (χ3v) is 5.70. The Hall–Kier alpha value is -0.610. The summed E-state index contributed by atoms with van der Waals surface area (Å²) in [6, 6.07) is 1.11. The van der Waals surface area contributed by atoms with Crippen molar-refractivity contribution in [3.05, 3.63) is 0 Å². The molecule has 1 saturated carbocycles. The fourth-order valence-electron chi connectivity index (χ4n) is 4.17. The van der Waals surface area contributed by atoms with Crippen LogP contribution in [0.15, 0.2) is 0 Å². The molecule has 4 nitrogen and oxygen atoms in total. The van der Waals surface area contributed by atoms with Crippen molar-refractivity contribution in [2.75, 3.05) is 13.1 Å². The standard InChI is InChI=1S/C16H31N3O/c1-3-12-5-7-13(9-17)15(8-12)19-10-14(16(18)20)6-4-11(19)2/h11-15H,3-10,17H2,1-2H3,(H2,18,20). The van der Waals surface area contributed by atoms with Gasteiger partial charge >= 0.3 is 0 Å². The average molecular weight is 281 g/mol. The van der Waals surface area contributed by atoms with E-state index in [1.807, 2.05) is 0 Å². The number of hydrogen-bond donors (Lipinski definition) is 2. The SMILES string of the molecule is CCC1CCC(CN)C(N2CC(C(N)=O)CCC2C)C1. The summed E-state index contributed by atoms with van der Waals surface area (Å²) in [7, 11) is 0. The number of carbonyl (C=O) groups excluding carboxylic acids is 1. The predicted molar refractivity (Wildman–Crippen MR) is 82.1 cm³/mol. The lowest BCUT2D eigenvalue weighted by atomic mass is 9.75. The first-order valence-electron chi connectivity index (χ1n) is 8.31. The Morgan fingerprint density at radius 2 is 2.00 bits per heavy atom. The fourth-order valence-corrected chi connectivity index (χ4v) is 4.17. The highest BCUT2D eigenvalue weighted by Crippen LogP contribution is 2.37. The number of piperidine rings is 1. The number of likely N-dealkylation sites (tertiary alicyclic amines) is 1. The summed E-state index contributed by atoms with van der Waals surface area (Å²) < 4.78 is 0. The predicted octanol–water partition coefficient (Wildman–Crippen LogP) is 1.73. The van der Waals surface area contributed by atoms with Crippen LogP contribution in [0.1, 0.15) is 52.4 Å². The zero-order valence-electron chi connectivity index (χ0n) is 13.1. The minimum absolute atomic E-state index is 0.0339. The lowest BCUT2D eigenvalue weighted by molar-refractivity contribution is -0.125. The van der Waals surface area contributed by atoms with E-state index in [2.05, 4.69) is 18.7 Å². The number of rotatable bonds is 4. The number of hydrogen-bond acceptors (Lipinski definition) is 3. The number of carbonyl (C=O) groups is 1. The summed E-state index contributed by atoms with van der Waals surface area (Å²) in [5.74, 6) is 1.32. The lowest BCUT2D eigenvalue weighted by Crippen LogP contribution is -2.55. The molecule has 0 aromatic rings. The molecule has 0 aromatic carbocycles. The smallest absolute Gasteiger partial charge is 0.221 e. The second-order valence-corrected chi connectivity index (χ2v) is 6.87. The molecule has 4 heteroatoms. The number of nitrogens with zero attached hydrogens (tertiary/aromatic N) is 1. The van der Waals surface area contributed by atoms with E-state index in [0.29, 0.717) is 18.0 Å². The molecule has 2 rings (SSSR count). The Morgan fingerprint density at radius 1 is 1.25 bits per heavy atom. The number of nitrogens with two attached hydrogens (primary N) is 2. The van der Waals surface area contributed by atoms with Crippen molar-refractivity contribution in [3.8, 4) is 0 Å². The molecule has 1 heterocycles. The number of amides is 1. The van der Waals surface area contributed by atoms with Crippen LogP contribution in [0.2, 0.25) is 0 Å². The third kappa shape index (κ3) is 3.34. The molecule has 1 saturated heterocycles. The molecule has 4 N–H and O–H groups in total. The van der Waals surface area contributed by atoms with Gasteiger partial charge in [0.15, 0.2) is 0 Å². The van der Waals surface area contributed by atoms with Crippen molar-refractivity contribution in [2.45, 2.75) is 64.5 Å². The largest absolute Gasteiger partial charge is 0.369 e. The molecule has 2 aliphatic rings. The summed E-state index contributed by atoms with van der Waals surface area (Å²) in [6.07, 6.45) is 7.09. The molecule has 116 valence electrons. The first-order chi connectivity index (χ1) is 9.56. The monoisotopic (exact) mass is 281 g/mol. The highest BCUT2D eigenvalue weighted by atomic mass is 16.1. The quantitative estimate of drug-likeness (QED) is 0.824. The van der Waals surface area contributed by atoms with Gasteiger partial charge in [0.1, 0.15) is 0 Å². The third-order valence-electron chi connectivity index (χ3n) is 5.70. The lowest BCUT2D eigenvalue weighted by Gasteiger charge is -2.48. The molecule has 0 bridgehead atoms. The van der Waals surface area contributed by atoms with E-state index in [9.17, 15) is 4.79 Å². The first-order valence-corrected chi connectivity index (χ1v) is 8.31. The summed E-state index contributed by atoms with van der Waals surface area (Å²) >= 11 is 0. The molecule has 1 amide bonds. The van der Waals surface area contributed by atoms with Crippen LogP contribution in [0, 0.1) is 17.8 Å². The normalized spacial score (nSPS) is 39.6. The van der Waals surface area contributed by atoms with Gasteiger partial charge in [-0.1, -0.05) is 19.8 Å². The maximum absolute atomic E-state index is 11.5. The van der Waals surface area contributed by atoms with E-state index >= 15 is 0 Å². The van der Waals surface area contributed by atoms with Gasteiger partial charge in [-0.3, -0.25) is 9.69 Å². The van der Waals surface area contributed by atoms with Crippen LogP contribution in [-0.4, -0.2) is 36.0 Å². The van der Waals surface area contributed by atoms with Crippen LogP contribution >= 0.6 is 0 Å². The van der Waals surface area contributed by atoms with Crippen LogP contribution in [0.3, 0.4) is 0 Å². The molecule has 0 radical (unpaired) electrons. The second-order valence-electron chi connectivity index (χ2n) is 6.87. The Morgan fingerprint density at radius 3 is 2.60 bits per heavy atom. The van der Waals surface area contributed by atoms with E-state index in [0.717, 1.165) is 31.8 Å². The molecular weight excluding hydrogens is 250 g/mol. The van der Waals surface area contributed by atoms with Gasteiger partial charge in [0.2, 0.25) is 5.91 Å². The van der Waals surface area contributed by atoms with E-state index in [1.165, 1.54) is 25.7 Å². The summed E-state index contributed by atoms with van der Waals surface area (Å²) in [5.41, 5.74) is 11.5. The van der Waals surface area contributed by atoms with Crippen molar-refractivity contribution >= 4 is 5.91 Å². The van der Waals surface area contributed by atoms with Crippen LogP contribution < -0.4 is 11.5 Å². The maximum atomic E-state index is 11.5. The Kier molecular flexibility index (Phi) is 5.44. The molecule has 0 spiro atoms. The van der Waals surface area contributed by atoms with Crippen LogP contribution in [0.25, 0.3) is 0 Å². The minimum atomic E-state index is -0.131. The van der Waals surface area contributed by atoms with Crippen molar-refractivity contribution in [1.29, 1.82) is 0 Å². The highest BCUT2D eigenvalue weighted by Gasteiger charge is 2.38. The van der Waals surface area contributed by atoms with Crippen molar-refractivity contribution < 1.29 is 4.79 Å². The highest BCUT2D eigenvalue weighted by molar-refractivity contribution is 5.77. The molecular formula is C16H31N3O. The molecule has 1 aliphatic heterocycles. The van der Waals surface area contributed by atoms with Gasteiger partial charge in [-0.05, 0) is 51.0 Å². The molecule has 2 fully saturated rings. The van der Waals surface area contributed by atoms with E-state index < -0.39 is 0 Å². The van der Waals surface area contributed by atoms with Gasteiger partial charge in [-0.25, -0.2) is 0 Å². The van der Waals surface area contributed by atoms with Crippen LogP contribution in [0.4, 0.5) is 0 Å². The van der Waals surface area contributed by atoms with Gasteiger partial charge in [-0.15, -0.1) is 0 Å². The Labute approximate surface area is 123 Å². The fraction of sp³-hybridized carbons (Fsp3) is 0.938. The topological polar surface area (TPSA) is 72.3 Å². The Balaban J connectivity index is 2.09.